The molecule has 0 aliphatic carbocycles. The first kappa shape index (κ1) is 58.2. The molecule has 0 rings (SSSR count). The van der Waals surface area contributed by atoms with Crippen LogP contribution in [0.25, 0.3) is 0 Å². The average molecular weight is 817 g/mol. The zero-order chi connectivity index (χ0) is 42.0. The number of carbonyl (C=O) groups excluding carboxylic acids is 4. The number of ketones is 2. The van der Waals surface area contributed by atoms with Crippen molar-refractivity contribution in [3.05, 3.63) is 0 Å². The number of Topliss-reactive ketones (excluding diaryl/α,β-unsaturated/α-hetero) is 2. The van der Waals surface area contributed by atoms with Crippen LogP contribution < -0.4 is 10.2 Å². The van der Waals surface area contributed by atoms with Gasteiger partial charge in [-0.05, 0) is 26.7 Å². The smallest absolute Gasteiger partial charge is 0.138 e. The molecule has 0 saturated heterocycles. The molecule has 0 saturated carbocycles. The van der Waals surface area contributed by atoms with Gasteiger partial charge in [0, 0.05) is 0 Å². The van der Waals surface area contributed by atoms with E-state index in [0.717, 1.165) is 38.5 Å². The van der Waals surface area contributed by atoms with E-state index in [1.165, 1.54) is 155 Å². The first-order valence-electron chi connectivity index (χ1n) is 22.8. The number of hydrogen-bond donors (Lipinski definition) is 0. The van der Waals surface area contributed by atoms with Crippen molar-refractivity contribution < 1.29 is 56.0 Å². The predicted molar refractivity (Wildman–Crippen MR) is 221 cm³/mol. The standard InChI is InChI=1S/2C20H38O3.2C3H7O.Ti/c2*1-3-4-5-6-7-8-9-10-11-12-13-14-15-16-17-19(18(2)21)20(22)23;2*1-3(2)4;/h2*19H,3-17H2,1-2H3,(H,22,23);2*3H,1-2H3;/q;;2*-1;+4/p-2. The van der Waals surface area contributed by atoms with Crippen molar-refractivity contribution in [2.24, 2.45) is 11.8 Å². The molecule has 0 aromatic rings. The molecule has 0 aliphatic rings. The second kappa shape index (κ2) is 45.6. The molecule has 2 atom stereocenters. The van der Waals surface area contributed by atoms with Gasteiger partial charge < -0.3 is 19.8 Å². The number of carboxylic acids is 2. The van der Waals surface area contributed by atoms with Crippen LogP contribution in [-0.4, -0.2) is 35.7 Å². The van der Waals surface area contributed by atoms with Crippen LogP contribution in [0.2, 0.25) is 0 Å². The number of carboxylic acid groups (broad SMARTS) is 2. The molecule has 0 aliphatic heterocycles. The minimum absolute atomic E-state index is 0.278. The third-order valence-electron chi connectivity index (χ3n) is 9.81. The third kappa shape index (κ3) is 49.0. The maximum Gasteiger partial charge on any atom is 0.138 e. The zero-order valence-corrected chi connectivity index (χ0v) is 38.9. The van der Waals surface area contributed by atoms with E-state index in [2.05, 4.69) is 13.8 Å². The molecule has 0 aromatic carbocycles. The zero-order valence-electron chi connectivity index (χ0n) is 37.3. The summed E-state index contributed by atoms with van der Waals surface area (Å²) in [5.41, 5.74) is 0. The Bertz CT molecular complexity index is 767. The SMILES string of the molecule is CC(C)[O][Ti+2][O]C(C)C.CCCCCCCCCCCCCCCCC(C(C)=O)C(=O)[O-].CCCCCCCCCCCCCCCCC(C(C)=O)C(=O)[O-]. The van der Waals surface area contributed by atoms with Gasteiger partial charge >= 0.3 is 66.5 Å². The van der Waals surface area contributed by atoms with Gasteiger partial charge in [0.25, 0.3) is 0 Å². The Morgan fingerprint density at radius 2 is 0.600 bits per heavy atom. The fourth-order valence-corrected chi connectivity index (χ4v) is 6.97. The predicted octanol–water partition coefficient (Wildman–Crippen LogP) is 11.4. The molecule has 2 unspecified atom stereocenters. The van der Waals surface area contributed by atoms with Crippen molar-refractivity contribution in [3.63, 3.8) is 0 Å². The number of hydrogen-bond acceptors (Lipinski definition) is 8. The summed E-state index contributed by atoms with van der Waals surface area (Å²) < 4.78 is 10.5. The Labute approximate surface area is 350 Å². The van der Waals surface area contributed by atoms with Crippen LogP contribution in [0.5, 0.6) is 0 Å². The van der Waals surface area contributed by atoms with E-state index in [1.54, 1.807) is 0 Å². The fourth-order valence-electron chi connectivity index (χ4n) is 6.28. The van der Waals surface area contributed by atoms with E-state index < -0.39 is 43.7 Å². The van der Waals surface area contributed by atoms with Crippen LogP contribution in [-0.2, 0) is 45.7 Å². The molecular weight excluding hydrogens is 728 g/mol. The second-order valence-corrected chi connectivity index (χ2v) is 17.1. The summed E-state index contributed by atoms with van der Waals surface area (Å²) in [5.74, 6) is -4.78. The molecule has 8 nitrogen and oxygen atoms in total. The van der Waals surface area contributed by atoms with Crippen molar-refractivity contribution in [1.82, 2.24) is 0 Å². The van der Waals surface area contributed by atoms with E-state index in [4.69, 9.17) is 6.64 Å². The van der Waals surface area contributed by atoms with E-state index in [-0.39, 0.29) is 11.6 Å². The van der Waals surface area contributed by atoms with Crippen molar-refractivity contribution in [2.75, 3.05) is 0 Å². The van der Waals surface area contributed by atoms with Crippen LogP contribution in [0.15, 0.2) is 0 Å². The van der Waals surface area contributed by atoms with Crippen LogP contribution in [0, 0.1) is 11.8 Å². The molecule has 0 heterocycles. The molecular formula is C46H88O8Ti. The summed E-state index contributed by atoms with van der Waals surface area (Å²) >= 11 is -0.574. The normalized spacial score (nSPS) is 12.0. The molecule has 55 heavy (non-hydrogen) atoms. The molecule has 0 bridgehead atoms. The van der Waals surface area contributed by atoms with E-state index >= 15 is 0 Å². The Hall–Kier alpha value is -1.09. The Balaban J connectivity index is -0.000000805. The van der Waals surface area contributed by atoms with Crippen molar-refractivity contribution >= 4 is 23.5 Å². The molecule has 9 heteroatoms. The monoisotopic (exact) mass is 817 g/mol. The summed E-state index contributed by atoms with van der Waals surface area (Å²) in [7, 11) is 0. The van der Waals surface area contributed by atoms with Gasteiger partial charge in [0.15, 0.2) is 0 Å². The molecule has 0 fully saturated rings. The molecule has 0 N–H and O–H groups in total. The molecule has 0 radical (unpaired) electrons. The topological polar surface area (TPSA) is 133 Å². The van der Waals surface area contributed by atoms with Crippen LogP contribution in [0.3, 0.4) is 0 Å². The molecule has 0 spiro atoms. The summed E-state index contributed by atoms with van der Waals surface area (Å²) in [6.45, 7) is 15.3. The van der Waals surface area contributed by atoms with Crippen LogP contribution >= 0.6 is 0 Å². The van der Waals surface area contributed by atoms with Gasteiger partial charge in [0.2, 0.25) is 0 Å². The van der Waals surface area contributed by atoms with Gasteiger partial charge in [-0.15, -0.1) is 0 Å². The van der Waals surface area contributed by atoms with Crippen LogP contribution in [0.4, 0.5) is 0 Å². The van der Waals surface area contributed by atoms with Gasteiger partial charge in [-0.3, -0.25) is 9.59 Å². The van der Waals surface area contributed by atoms with E-state index in [1.807, 2.05) is 27.7 Å². The first-order valence-corrected chi connectivity index (χ1v) is 24.1. The first-order chi connectivity index (χ1) is 26.3. The van der Waals surface area contributed by atoms with Gasteiger partial charge in [0.05, 0.1) is 23.8 Å². The summed E-state index contributed by atoms with van der Waals surface area (Å²) in [5, 5.41) is 21.5. The summed E-state index contributed by atoms with van der Waals surface area (Å²) in [6.07, 6.45) is 37.2. The largest absolute Gasteiger partial charge is 0.549 e. The Morgan fingerprint density at radius 1 is 0.400 bits per heavy atom. The third-order valence-corrected chi connectivity index (χ3v) is 11.6. The van der Waals surface area contributed by atoms with Gasteiger partial charge in [-0.1, -0.05) is 194 Å². The molecule has 0 amide bonds. The second-order valence-electron chi connectivity index (χ2n) is 16.2. The maximum absolute atomic E-state index is 11.1. The quantitative estimate of drug-likeness (QED) is 0.0342. The van der Waals surface area contributed by atoms with E-state index in [9.17, 15) is 29.4 Å². The number of unbranched alkanes of at least 4 members (excludes halogenated alkanes) is 26. The average Bonchev–Trinajstić information content (AvgIpc) is 3.11. The minimum atomic E-state index is -1.22. The van der Waals surface area contributed by atoms with E-state index in [0.29, 0.717) is 25.0 Å². The Kier molecular flexibility index (Phi) is 48.3. The summed E-state index contributed by atoms with van der Waals surface area (Å²) in [6, 6.07) is 0. The van der Waals surface area contributed by atoms with Gasteiger partial charge in [-0.2, -0.15) is 0 Å². The Morgan fingerprint density at radius 3 is 0.764 bits per heavy atom. The number of carbonyl (C=O) groups is 4. The van der Waals surface area contributed by atoms with Gasteiger partial charge in [-0.25, -0.2) is 0 Å². The number of aliphatic carboxylic acids is 2. The number of rotatable bonds is 38. The summed E-state index contributed by atoms with van der Waals surface area (Å²) in [4.78, 5) is 43.8. The van der Waals surface area contributed by atoms with Gasteiger partial charge in [0.1, 0.15) is 11.6 Å². The minimum Gasteiger partial charge on any atom is -0.549 e. The van der Waals surface area contributed by atoms with Crippen molar-refractivity contribution in [1.29, 1.82) is 0 Å². The molecule has 324 valence electrons. The van der Waals surface area contributed by atoms with Crippen molar-refractivity contribution in [3.8, 4) is 0 Å². The van der Waals surface area contributed by atoms with Crippen LogP contribution in [0.1, 0.15) is 248 Å². The maximum atomic E-state index is 11.1. The fraction of sp³-hybridized carbons (Fsp3) is 0.913. The molecule has 0 aromatic heterocycles. The van der Waals surface area contributed by atoms with Crippen molar-refractivity contribution in [2.45, 2.75) is 260 Å².